The van der Waals surface area contributed by atoms with Crippen molar-refractivity contribution >= 4 is 5.71 Å². The van der Waals surface area contributed by atoms with Crippen LogP contribution in [-0.4, -0.2) is 23.1 Å². The average Bonchev–Trinajstić information content (AvgIpc) is 2.89. The second kappa shape index (κ2) is 7.88. The summed E-state index contributed by atoms with van der Waals surface area (Å²) in [5.41, 5.74) is 0.577. The first-order valence-electron chi connectivity index (χ1n) is 7.90. The Morgan fingerprint density at radius 3 is 2.00 bits per heavy atom. The van der Waals surface area contributed by atoms with Gasteiger partial charge in [0.1, 0.15) is 5.60 Å². The molecule has 114 valence electrons. The fourth-order valence-electron chi connectivity index (χ4n) is 2.93. The van der Waals surface area contributed by atoms with Gasteiger partial charge in [-0.05, 0) is 18.8 Å². The Kier molecular flexibility index (Phi) is 7.65. The van der Waals surface area contributed by atoms with Crippen molar-refractivity contribution in [3.63, 3.8) is 0 Å². The molecule has 0 aromatic rings. The van der Waals surface area contributed by atoms with Crippen LogP contribution >= 0.6 is 0 Å². The second-order valence-electron chi connectivity index (χ2n) is 5.58. The molecule has 2 rings (SSSR count). The summed E-state index contributed by atoms with van der Waals surface area (Å²) in [6.07, 6.45) is 4.40. The molecule has 3 nitrogen and oxygen atoms in total. The number of nitrogens with zero attached hydrogens (tertiary/aromatic N) is 1. The van der Waals surface area contributed by atoms with Crippen LogP contribution in [-0.2, 0) is 4.74 Å². The van der Waals surface area contributed by atoms with Crippen molar-refractivity contribution in [1.82, 2.24) is 0 Å². The van der Waals surface area contributed by atoms with Crippen LogP contribution < -0.4 is 0 Å². The van der Waals surface area contributed by atoms with Crippen LogP contribution in [0.4, 0.5) is 0 Å². The molecule has 3 heteroatoms. The summed E-state index contributed by atoms with van der Waals surface area (Å²) in [5, 5.41) is 12.9. The third-order valence-corrected chi connectivity index (χ3v) is 4.39. The van der Waals surface area contributed by atoms with Gasteiger partial charge in [0.2, 0.25) is 0 Å². The zero-order chi connectivity index (χ0) is 15.1. The first-order chi connectivity index (χ1) is 9.03. The molecular weight excluding hydrogens is 238 g/mol. The molecule has 2 aliphatic rings. The van der Waals surface area contributed by atoms with Gasteiger partial charge in [-0.1, -0.05) is 66.5 Å². The average molecular weight is 271 g/mol. The summed E-state index contributed by atoms with van der Waals surface area (Å²) in [6, 6.07) is 0. The van der Waals surface area contributed by atoms with Gasteiger partial charge in [-0.15, -0.1) is 0 Å². The van der Waals surface area contributed by atoms with Crippen LogP contribution in [0.15, 0.2) is 5.16 Å². The predicted molar refractivity (Wildman–Crippen MR) is 82.0 cm³/mol. The Morgan fingerprint density at radius 2 is 1.58 bits per heavy atom. The standard InChI is InChI=1S/C12H21NO2.2C2H6/c1-9-8-15-12(6-4-5-7-12)10(13-14)11(9,2)3;2*1-2/h9,14H,4-8H2,1-3H3;2*1-2H3/b13-10-;;. The summed E-state index contributed by atoms with van der Waals surface area (Å²) in [7, 11) is 0. The topological polar surface area (TPSA) is 41.8 Å². The molecule has 19 heavy (non-hydrogen) atoms. The Hall–Kier alpha value is -0.570. The maximum atomic E-state index is 9.28. The molecule has 1 unspecified atom stereocenters. The maximum absolute atomic E-state index is 9.28. The van der Waals surface area contributed by atoms with Gasteiger partial charge in [0.05, 0.1) is 12.3 Å². The zero-order valence-electron chi connectivity index (χ0n) is 13.9. The highest BCUT2D eigenvalue weighted by Crippen LogP contribution is 2.46. The minimum atomic E-state index is -0.245. The van der Waals surface area contributed by atoms with Gasteiger partial charge in [0, 0.05) is 5.41 Å². The van der Waals surface area contributed by atoms with Crippen molar-refractivity contribution in [2.75, 3.05) is 6.61 Å². The van der Waals surface area contributed by atoms with E-state index in [4.69, 9.17) is 4.74 Å². The molecule has 1 saturated carbocycles. The molecule has 0 amide bonds. The van der Waals surface area contributed by atoms with E-state index in [0.717, 1.165) is 25.2 Å². The number of hydrogen-bond acceptors (Lipinski definition) is 3. The molecule has 1 saturated heterocycles. The van der Waals surface area contributed by atoms with Gasteiger partial charge >= 0.3 is 0 Å². The normalized spacial score (nSPS) is 29.2. The van der Waals surface area contributed by atoms with Crippen LogP contribution in [0.2, 0.25) is 0 Å². The van der Waals surface area contributed by atoms with Gasteiger partial charge < -0.3 is 9.94 Å². The van der Waals surface area contributed by atoms with Gasteiger partial charge in [-0.3, -0.25) is 0 Å². The fourth-order valence-corrected chi connectivity index (χ4v) is 2.93. The van der Waals surface area contributed by atoms with E-state index in [-0.39, 0.29) is 11.0 Å². The van der Waals surface area contributed by atoms with Gasteiger partial charge in [0.15, 0.2) is 0 Å². The highest BCUT2D eigenvalue weighted by Gasteiger charge is 2.52. The van der Waals surface area contributed by atoms with Crippen molar-refractivity contribution in [1.29, 1.82) is 0 Å². The molecule has 0 aromatic carbocycles. The molecule has 1 spiro atoms. The van der Waals surface area contributed by atoms with E-state index in [9.17, 15) is 5.21 Å². The Bertz CT molecular complexity index is 278. The van der Waals surface area contributed by atoms with Gasteiger partial charge in [0.25, 0.3) is 0 Å². The Balaban J connectivity index is 0.000000741. The summed E-state index contributed by atoms with van der Waals surface area (Å²) >= 11 is 0. The molecule has 1 atom stereocenters. The molecule has 1 aliphatic carbocycles. The van der Waals surface area contributed by atoms with E-state index in [2.05, 4.69) is 25.9 Å². The van der Waals surface area contributed by atoms with Crippen molar-refractivity contribution in [3.8, 4) is 0 Å². The largest absolute Gasteiger partial charge is 0.411 e. The van der Waals surface area contributed by atoms with E-state index in [1.807, 2.05) is 27.7 Å². The lowest BCUT2D eigenvalue weighted by Crippen LogP contribution is -2.55. The first kappa shape index (κ1) is 18.4. The van der Waals surface area contributed by atoms with Crippen LogP contribution in [0, 0.1) is 11.3 Å². The minimum Gasteiger partial charge on any atom is -0.411 e. The lowest BCUT2D eigenvalue weighted by atomic mass is 9.67. The quantitative estimate of drug-likeness (QED) is 0.504. The smallest absolute Gasteiger partial charge is 0.110 e. The SMILES string of the molecule is CC.CC.CC1COC2(CCCC2)/C(=N\O)C1(C)C. The lowest BCUT2D eigenvalue weighted by molar-refractivity contribution is -0.0545. The first-order valence-corrected chi connectivity index (χ1v) is 7.90. The van der Waals surface area contributed by atoms with Crippen LogP contribution in [0.25, 0.3) is 0 Å². The minimum absolute atomic E-state index is 0.0443. The highest BCUT2D eigenvalue weighted by atomic mass is 16.5. The van der Waals surface area contributed by atoms with E-state index < -0.39 is 0 Å². The van der Waals surface area contributed by atoms with E-state index in [1.165, 1.54) is 12.8 Å². The molecule has 1 aliphatic heterocycles. The van der Waals surface area contributed by atoms with Crippen LogP contribution in [0.5, 0.6) is 0 Å². The predicted octanol–water partition coefficient (Wildman–Crippen LogP) is 4.87. The maximum Gasteiger partial charge on any atom is 0.110 e. The second-order valence-corrected chi connectivity index (χ2v) is 5.58. The van der Waals surface area contributed by atoms with E-state index in [0.29, 0.717) is 5.92 Å². The van der Waals surface area contributed by atoms with E-state index >= 15 is 0 Å². The molecule has 0 aromatic heterocycles. The molecular formula is C16H33NO2. The van der Waals surface area contributed by atoms with Crippen LogP contribution in [0.1, 0.15) is 74.1 Å². The van der Waals surface area contributed by atoms with Crippen LogP contribution in [0.3, 0.4) is 0 Å². The summed E-state index contributed by atoms with van der Waals surface area (Å²) in [5.74, 6) is 0.412. The van der Waals surface area contributed by atoms with Crippen molar-refractivity contribution in [2.45, 2.75) is 79.8 Å². The Morgan fingerprint density at radius 1 is 1.11 bits per heavy atom. The van der Waals surface area contributed by atoms with Gasteiger partial charge in [-0.25, -0.2) is 0 Å². The van der Waals surface area contributed by atoms with Gasteiger partial charge in [-0.2, -0.15) is 0 Å². The molecule has 0 radical (unpaired) electrons. The fraction of sp³-hybridized carbons (Fsp3) is 0.938. The lowest BCUT2D eigenvalue weighted by Gasteiger charge is -2.47. The number of oxime groups is 1. The number of hydrogen-bond donors (Lipinski definition) is 1. The van der Waals surface area contributed by atoms with Crippen molar-refractivity contribution in [2.24, 2.45) is 16.5 Å². The molecule has 2 fully saturated rings. The Labute approximate surface area is 119 Å². The number of rotatable bonds is 0. The summed E-state index contributed by atoms with van der Waals surface area (Å²) in [4.78, 5) is 0. The summed E-state index contributed by atoms with van der Waals surface area (Å²) in [6.45, 7) is 15.3. The number of ether oxygens (including phenoxy) is 1. The van der Waals surface area contributed by atoms with Crippen molar-refractivity contribution < 1.29 is 9.94 Å². The third-order valence-electron chi connectivity index (χ3n) is 4.39. The zero-order valence-corrected chi connectivity index (χ0v) is 13.9. The van der Waals surface area contributed by atoms with E-state index in [1.54, 1.807) is 0 Å². The summed E-state index contributed by atoms with van der Waals surface area (Å²) < 4.78 is 5.99. The highest BCUT2D eigenvalue weighted by molar-refractivity contribution is 5.97. The molecule has 1 heterocycles. The monoisotopic (exact) mass is 271 g/mol. The molecule has 0 bridgehead atoms. The third kappa shape index (κ3) is 3.50. The molecule has 1 N–H and O–H groups in total. The van der Waals surface area contributed by atoms with Crippen molar-refractivity contribution in [3.05, 3.63) is 0 Å².